The minimum absolute atomic E-state index is 0.438. The van der Waals surface area contributed by atoms with Crippen molar-refractivity contribution in [2.24, 2.45) is 5.41 Å². The first-order valence-electron chi connectivity index (χ1n) is 8.22. The van der Waals surface area contributed by atoms with E-state index in [9.17, 15) is 0 Å². The molecule has 21 heavy (non-hydrogen) atoms. The monoisotopic (exact) mass is 283 g/mol. The third-order valence-corrected chi connectivity index (χ3v) is 4.69. The average Bonchev–Trinajstić information content (AvgIpc) is 2.76. The number of anilines is 1. The maximum absolute atomic E-state index is 4.34. The molecule has 0 saturated carbocycles. The topological polar surface area (TPSA) is 3.24 Å². The Morgan fingerprint density at radius 1 is 1.14 bits per heavy atom. The lowest BCUT2D eigenvalue weighted by atomic mass is 9.78. The predicted octanol–water partition coefficient (Wildman–Crippen LogP) is 6.03. The van der Waals surface area contributed by atoms with E-state index in [4.69, 9.17) is 0 Å². The summed E-state index contributed by atoms with van der Waals surface area (Å²) >= 11 is 0. The van der Waals surface area contributed by atoms with Crippen molar-refractivity contribution in [2.45, 2.75) is 52.9 Å². The van der Waals surface area contributed by atoms with Gasteiger partial charge < -0.3 is 4.90 Å². The van der Waals surface area contributed by atoms with Crippen molar-refractivity contribution >= 4 is 11.3 Å². The molecule has 0 bridgehead atoms. The summed E-state index contributed by atoms with van der Waals surface area (Å²) in [5.74, 6) is 0. The molecule has 0 amide bonds. The van der Waals surface area contributed by atoms with Crippen LogP contribution in [0.2, 0.25) is 0 Å². The van der Waals surface area contributed by atoms with Gasteiger partial charge in [-0.05, 0) is 49.3 Å². The first-order chi connectivity index (χ1) is 10.0. The van der Waals surface area contributed by atoms with Crippen LogP contribution in [0.5, 0.6) is 0 Å². The molecule has 0 radical (unpaired) electrons. The van der Waals surface area contributed by atoms with E-state index in [1.54, 1.807) is 0 Å². The molecule has 1 saturated heterocycles. The summed E-state index contributed by atoms with van der Waals surface area (Å²) in [5, 5.41) is 0. The normalized spacial score (nSPS) is 17.3. The number of rotatable bonds is 6. The smallest absolute Gasteiger partial charge is 0.0408 e. The third-order valence-electron chi connectivity index (χ3n) is 4.69. The average molecular weight is 283 g/mol. The standard InChI is InChI=1S/C20H29N/c1-6-12-20(13-7-2)14-17(5)21(15-20)19-10-8-18(9-11-19)16(3)4/h8-11H,3,5-7,12-15H2,1-2,4H3. The van der Waals surface area contributed by atoms with E-state index < -0.39 is 0 Å². The largest absolute Gasteiger partial charge is 0.345 e. The van der Waals surface area contributed by atoms with Crippen LogP contribution < -0.4 is 4.90 Å². The van der Waals surface area contributed by atoms with Crippen LogP contribution in [0.25, 0.3) is 5.57 Å². The maximum Gasteiger partial charge on any atom is 0.0408 e. The van der Waals surface area contributed by atoms with Gasteiger partial charge in [0.2, 0.25) is 0 Å². The van der Waals surface area contributed by atoms with Crippen molar-refractivity contribution in [3.8, 4) is 0 Å². The fourth-order valence-corrected chi connectivity index (χ4v) is 3.75. The molecular weight excluding hydrogens is 254 g/mol. The summed E-state index contributed by atoms with van der Waals surface area (Å²) in [6.07, 6.45) is 6.28. The van der Waals surface area contributed by atoms with Gasteiger partial charge >= 0.3 is 0 Å². The van der Waals surface area contributed by atoms with Crippen molar-refractivity contribution in [1.29, 1.82) is 0 Å². The summed E-state index contributed by atoms with van der Waals surface area (Å²) in [6.45, 7) is 16.1. The van der Waals surface area contributed by atoms with Crippen molar-refractivity contribution in [3.05, 3.63) is 48.7 Å². The van der Waals surface area contributed by atoms with Crippen LogP contribution in [0.4, 0.5) is 5.69 Å². The lowest BCUT2D eigenvalue weighted by Crippen LogP contribution is -2.26. The molecule has 1 nitrogen and oxygen atoms in total. The van der Waals surface area contributed by atoms with E-state index in [0.29, 0.717) is 5.41 Å². The van der Waals surface area contributed by atoms with Gasteiger partial charge in [0.15, 0.2) is 0 Å². The maximum atomic E-state index is 4.34. The van der Waals surface area contributed by atoms with Crippen LogP contribution in [0, 0.1) is 5.41 Å². The highest BCUT2D eigenvalue weighted by Gasteiger charge is 2.38. The molecule has 0 spiro atoms. The van der Waals surface area contributed by atoms with Crippen LogP contribution >= 0.6 is 0 Å². The van der Waals surface area contributed by atoms with E-state index in [0.717, 1.165) is 18.5 Å². The Bertz CT molecular complexity index is 503. The Kier molecular flexibility index (Phi) is 4.92. The number of hydrogen-bond acceptors (Lipinski definition) is 1. The molecule has 1 fully saturated rings. The van der Waals surface area contributed by atoms with E-state index in [-0.39, 0.29) is 0 Å². The zero-order valence-electron chi connectivity index (χ0n) is 13.9. The molecule has 1 aromatic carbocycles. The summed E-state index contributed by atoms with van der Waals surface area (Å²) in [6, 6.07) is 8.77. The van der Waals surface area contributed by atoms with Gasteiger partial charge in [0, 0.05) is 17.9 Å². The van der Waals surface area contributed by atoms with Crippen LogP contribution in [0.3, 0.4) is 0 Å². The first kappa shape index (κ1) is 15.9. The van der Waals surface area contributed by atoms with Gasteiger partial charge in [0.25, 0.3) is 0 Å². The Balaban J connectivity index is 2.20. The van der Waals surface area contributed by atoms with E-state index in [2.05, 4.69) is 63.1 Å². The molecule has 0 unspecified atom stereocenters. The molecule has 1 heteroatoms. The predicted molar refractivity (Wildman–Crippen MR) is 94.5 cm³/mol. The lowest BCUT2D eigenvalue weighted by molar-refractivity contribution is 0.273. The van der Waals surface area contributed by atoms with Crippen LogP contribution in [0.15, 0.2) is 43.1 Å². The van der Waals surface area contributed by atoms with E-state index >= 15 is 0 Å². The zero-order valence-corrected chi connectivity index (χ0v) is 13.9. The molecule has 1 heterocycles. The Labute approximate surface area is 130 Å². The van der Waals surface area contributed by atoms with Gasteiger partial charge in [0.1, 0.15) is 0 Å². The second kappa shape index (κ2) is 6.51. The van der Waals surface area contributed by atoms with Gasteiger partial charge in [-0.25, -0.2) is 0 Å². The third kappa shape index (κ3) is 3.40. The fraction of sp³-hybridized carbons (Fsp3) is 0.500. The number of allylic oxidation sites excluding steroid dienone is 2. The van der Waals surface area contributed by atoms with Gasteiger partial charge in [-0.3, -0.25) is 0 Å². The van der Waals surface area contributed by atoms with Gasteiger partial charge in [-0.1, -0.05) is 57.6 Å². The molecule has 2 rings (SSSR count). The van der Waals surface area contributed by atoms with Gasteiger partial charge in [-0.15, -0.1) is 0 Å². The minimum Gasteiger partial charge on any atom is -0.345 e. The second-order valence-corrected chi connectivity index (χ2v) is 6.66. The Morgan fingerprint density at radius 2 is 1.71 bits per heavy atom. The van der Waals surface area contributed by atoms with Crippen LogP contribution in [-0.2, 0) is 0 Å². The first-order valence-corrected chi connectivity index (χ1v) is 8.22. The highest BCUT2D eigenvalue weighted by molar-refractivity contribution is 5.65. The Hall–Kier alpha value is -1.50. The van der Waals surface area contributed by atoms with Gasteiger partial charge in [-0.2, -0.15) is 0 Å². The fourth-order valence-electron chi connectivity index (χ4n) is 3.75. The highest BCUT2D eigenvalue weighted by Crippen LogP contribution is 2.45. The summed E-state index contributed by atoms with van der Waals surface area (Å²) in [5.41, 5.74) is 5.33. The molecule has 0 atom stereocenters. The van der Waals surface area contributed by atoms with Crippen molar-refractivity contribution in [3.63, 3.8) is 0 Å². The number of nitrogens with zero attached hydrogens (tertiary/aromatic N) is 1. The lowest BCUT2D eigenvalue weighted by Gasteiger charge is -2.29. The molecule has 0 aromatic heterocycles. The van der Waals surface area contributed by atoms with E-state index in [1.165, 1.54) is 42.6 Å². The molecule has 114 valence electrons. The van der Waals surface area contributed by atoms with Crippen LogP contribution in [-0.4, -0.2) is 6.54 Å². The van der Waals surface area contributed by atoms with Crippen molar-refractivity contribution in [1.82, 2.24) is 0 Å². The number of benzene rings is 1. The summed E-state index contributed by atoms with van der Waals surface area (Å²) in [7, 11) is 0. The minimum atomic E-state index is 0.438. The molecule has 1 aliphatic heterocycles. The molecule has 0 N–H and O–H groups in total. The van der Waals surface area contributed by atoms with E-state index in [1.807, 2.05) is 0 Å². The second-order valence-electron chi connectivity index (χ2n) is 6.66. The quantitative estimate of drug-likeness (QED) is 0.616. The zero-order chi connectivity index (χ0) is 15.5. The van der Waals surface area contributed by atoms with Crippen LogP contribution in [0.1, 0.15) is 58.4 Å². The summed E-state index contributed by atoms with van der Waals surface area (Å²) < 4.78 is 0. The van der Waals surface area contributed by atoms with Crippen molar-refractivity contribution < 1.29 is 0 Å². The van der Waals surface area contributed by atoms with Gasteiger partial charge in [0.05, 0.1) is 0 Å². The summed E-state index contributed by atoms with van der Waals surface area (Å²) in [4.78, 5) is 2.42. The molecule has 1 aliphatic rings. The number of hydrogen-bond donors (Lipinski definition) is 0. The molecule has 1 aromatic rings. The van der Waals surface area contributed by atoms with Crippen molar-refractivity contribution in [2.75, 3.05) is 11.4 Å². The Morgan fingerprint density at radius 3 is 2.19 bits per heavy atom. The highest BCUT2D eigenvalue weighted by atomic mass is 15.2. The SMILES string of the molecule is C=C(C)c1ccc(N2CC(CCC)(CCC)CC2=C)cc1. The molecule has 0 aliphatic carbocycles. The molecular formula is C20H29N.